The Labute approximate surface area is 119 Å². The molecule has 0 heterocycles. The predicted molar refractivity (Wildman–Crippen MR) is 70.1 cm³/mol. The number of amides is 2. The normalized spacial score (nSPS) is 11.9. The third kappa shape index (κ3) is 4.37. The van der Waals surface area contributed by atoms with E-state index in [9.17, 15) is 22.8 Å². The van der Waals surface area contributed by atoms with E-state index in [0.717, 1.165) is 6.07 Å². The van der Waals surface area contributed by atoms with Crippen LogP contribution in [0.25, 0.3) is 0 Å². The minimum Gasteiger partial charge on any atom is -0.480 e. The fourth-order valence-electron chi connectivity index (χ4n) is 1.50. The number of hydrogen-bond donors (Lipinski definition) is 3. The number of aliphatic carboxylic acids is 1. The highest BCUT2D eigenvalue weighted by Gasteiger charge is 2.33. The summed E-state index contributed by atoms with van der Waals surface area (Å²) in [6.45, 7) is 3.82. The van der Waals surface area contributed by atoms with Crippen molar-refractivity contribution in [3.8, 4) is 0 Å². The summed E-state index contributed by atoms with van der Waals surface area (Å²) in [6.07, 6.45) is -4.53. The summed E-state index contributed by atoms with van der Waals surface area (Å²) < 4.78 is 38.2. The first-order chi connectivity index (χ1) is 9.43. The Morgan fingerprint density at radius 3 is 2.24 bits per heavy atom. The molecule has 0 fully saturated rings. The Morgan fingerprint density at radius 1 is 1.19 bits per heavy atom. The fourth-order valence-corrected chi connectivity index (χ4v) is 1.50. The van der Waals surface area contributed by atoms with E-state index in [1.165, 1.54) is 32.9 Å². The molecular formula is C13H15F3N2O3. The van der Waals surface area contributed by atoms with Crippen molar-refractivity contribution in [3.05, 3.63) is 29.3 Å². The van der Waals surface area contributed by atoms with Gasteiger partial charge < -0.3 is 15.7 Å². The van der Waals surface area contributed by atoms with Crippen molar-refractivity contribution >= 4 is 17.7 Å². The Balaban J connectivity index is 2.90. The number of carbonyl (C=O) groups excluding carboxylic acids is 1. The lowest BCUT2D eigenvalue weighted by molar-refractivity contribution is -0.143. The van der Waals surface area contributed by atoms with Gasteiger partial charge in [-0.3, -0.25) is 0 Å². The molecule has 0 atom stereocenters. The molecule has 0 aliphatic rings. The summed E-state index contributed by atoms with van der Waals surface area (Å²) in [5.74, 6) is -1.27. The third-order valence-corrected chi connectivity index (χ3v) is 2.76. The molecule has 2 amide bonds. The SMILES string of the molecule is Cc1ccc(NC(=O)NC(C)(C)C(=O)O)cc1C(F)(F)F. The van der Waals surface area contributed by atoms with Gasteiger partial charge in [0.05, 0.1) is 5.56 Å². The molecular weight excluding hydrogens is 289 g/mol. The first-order valence-electron chi connectivity index (χ1n) is 5.94. The molecule has 0 saturated carbocycles. The Morgan fingerprint density at radius 2 is 1.76 bits per heavy atom. The Bertz CT molecular complexity index is 568. The van der Waals surface area contributed by atoms with Gasteiger partial charge in [0.2, 0.25) is 0 Å². The number of anilines is 1. The lowest BCUT2D eigenvalue weighted by atomic mass is 10.1. The van der Waals surface area contributed by atoms with E-state index in [1.807, 2.05) is 0 Å². The number of urea groups is 1. The van der Waals surface area contributed by atoms with Crippen LogP contribution in [-0.2, 0) is 11.0 Å². The van der Waals surface area contributed by atoms with Crippen molar-refractivity contribution in [3.63, 3.8) is 0 Å². The molecule has 1 aromatic rings. The second kappa shape index (κ2) is 5.63. The molecule has 5 nitrogen and oxygen atoms in total. The first-order valence-corrected chi connectivity index (χ1v) is 5.94. The number of rotatable bonds is 3. The molecule has 8 heteroatoms. The maximum atomic E-state index is 12.7. The molecule has 1 aromatic carbocycles. The quantitative estimate of drug-likeness (QED) is 0.803. The van der Waals surface area contributed by atoms with Gasteiger partial charge in [0.25, 0.3) is 0 Å². The van der Waals surface area contributed by atoms with Crippen molar-refractivity contribution in [2.45, 2.75) is 32.5 Å². The van der Waals surface area contributed by atoms with Gasteiger partial charge in [0.1, 0.15) is 5.54 Å². The van der Waals surface area contributed by atoms with Gasteiger partial charge in [-0.2, -0.15) is 13.2 Å². The van der Waals surface area contributed by atoms with E-state index in [-0.39, 0.29) is 11.3 Å². The number of carboxylic acids is 1. The number of hydrogen-bond acceptors (Lipinski definition) is 2. The van der Waals surface area contributed by atoms with Gasteiger partial charge in [0, 0.05) is 5.69 Å². The van der Waals surface area contributed by atoms with Gasteiger partial charge in [-0.25, -0.2) is 9.59 Å². The van der Waals surface area contributed by atoms with Crippen LogP contribution in [0.5, 0.6) is 0 Å². The monoisotopic (exact) mass is 304 g/mol. The molecule has 0 spiro atoms. The fraction of sp³-hybridized carbons (Fsp3) is 0.385. The highest BCUT2D eigenvalue weighted by atomic mass is 19.4. The van der Waals surface area contributed by atoms with Crippen LogP contribution in [0, 0.1) is 6.92 Å². The summed E-state index contributed by atoms with van der Waals surface area (Å²) in [5.41, 5.74) is -2.45. The summed E-state index contributed by atoms with van der Waals surface area (Å²) >= 11 is 0. The van der Waals surface area contributed by atoms with E-state index in [0.29, 0.717) is 0 Å². The van der Waals surface area contributed by atoms with Crippen LogP contribution in [0.2, 0.25) is 0 Å². The highest BCUT2D eigenvalue weighted by molar-refractivity contribution is 5.93. The largest absolute Gasteiger partial charge is 0.480 e. The van der Waals surface area contributed by atoms with Gasteiger partial charge in [-0.05, 0) is 38.5 Å². The van der Waals surface area contributed by atoms with E-state index >= 15 is 0 Å². The van der Waals surface area contributed by atoms with Gasteiger partial charge in [-0.1, -0.05) is 6.07 Å². The average molecular weight is 304 g/mol. The molecule has 21 heavy (non-hydrogen) atoms. The molecule has 0 saturated heterocycles. The minimum absolute atomic E-state index is 0.0272. The second-order valence-electron chi connectivity index (χ2n) is 5.04. The first kappa shape index (κ1) is 16.8. The highest BCUT2D eigenvalue weighted by Crippen LogP contribution is 2.33. The zero-order valence-electron chi connectivity index (χ0n) is 11.6. The summed E-state index contributed by atoms with van der Waals surface area (Å²) in [6, 6.07) is 2.42. The maximum Gasteiger partial charge on any atom is 0.416 e. The lowest BCUT2D eigenvalue weighted by Gasteiger charge is -2.21. The van der Waals surface area contributed by atoms with Crippen LogP contribution in [-0.4, -0.2) is 22.6 Å². The van der Waals surface area contributed by atoms with Crippen molar-refractivity contribution in [1.29, 1.82) is 0 Å². The minimum atomic E-state index is -4.53. The molecule has 116 valence electrons. The van der Waals surface area contributed by atoms with E-state index in [2.05, 4.69) is 10.6 Å². The molecule has 0 radical (unpaired) electrons. The van der Waals surface area contributed by atoms with Gasteiger partial charge in [-0.15, -0.1) is 0 Å². The van der Waals surface area contributed by atoms with E-state index < -0.39 is 29.3 Å². The van der Waals surface area contributed by atoms with Gasteiger partial charge in [0.15, 0.2) is 0 Å². The molecule has 0 aliphatic carbocycles. The van der Waals surface area contributed by atoms with Crippen molar-refractivity contribution in [2.24, 2.45) is 0 Å². The molecule has 0 bridgehead atoms. The molecule has 0 aromatic heterocycles. The van der Waals surface area contributed by atoms with Crippen LogP contribution >= 0.6 is 0 Å². The number of aryl methyl sites for hydroxylation is 1. The molecule has 1 rings (SSSR count). The van der Waals surface area contributed by atoms with Crippen LogP contribution in [0.15, 0.2) is 18.2 Å². The standard InChI is InChI=1S/C13H15F3N2O3/c1-7-4-5-8(6-9(7)13(14,15)16)17-11(21)18-12(2,3)10(19)20/h4-6H,1-3H3,(H,19,20)(H2,17,18,21). The van der Waals surface area contributed by atoms with Crippen LogP contribution in [0.1, 0.15) is 25.0 Å². The topological polar surface area (TPSA) is 78.4 Å². The van der Waals surface area contributed by atoms with Crippen molar-refractivity contribution < 1.29 is 27.9 Å². The van der Waals surface area contributed by atoms with E-state index in [4.69, 9.17) is 5.11 Å². The Hall–Kier alpha value is -2.25. The molecule has 0 aliphatic heterocycles. The number of nitrogens with one attached hydrogen (secondary N) is 2. The molecule has 3 N–H and O–H groups in total. The predicted octanol–water partition coefficient (Wildman–Crippen LogP) is 3.00. The van der Waals surface area contributed by atoms with Crippen LogP contribution in [0.4, 0.5) is 23.7 Å². The number of carboxylic acid groups (broad SMARTS) is 1. The number of halogens is 3. The number of alkyl halides is 3. The lowest BCUT2D eigenvalue weighted by Crippen LogP contribution is -2.51. The Kier molecular flexibility index (Phi) is 4.50. The second-order valence-corrected chi connectivity index (χ2v) is 5.04. The van der Waals surface area contributed by atoms with Crippen LogP contribution < -0.4 is 10.6 Å². The summed E-state index contributed by atoms with van der Waals surface area (Å²) in [7, 11) is 0. The average Bonchev–Trinajstić information content (AvgIpc) is 2.29. The van der Waals surface area contributed by atoms with Crippen molar-refractivity contribution in [2.75, 3.05) is 5.32 Å². The number of benzene rings is 1. The smallest absolute Gasteiger partial charge is 0.416 e. The summed E-state index contributed by atoms with van der Waals surface area (Å²) in [5, 5.41) is 13.2. The number of carbonyl (C=O) groups is 2. The van der Waals surface area contributed by atoms with E-state index in [1.54, 1.807) is 0 Å². The van der Waals surface area contributed by atoms with Crippen molar-refractivity contribution in [1.82, 2.24) is 5.32 Å². The third-order valence-electron chi connectivity index (χ3n) is 2.76. The van der Waals surface area contributed by atoms with Crippen LogP contribution in [0.3, 0.4) is 0 Å². The zero-order chi connectivity index (χ0) is 16.4. The summed E-state index contributed by atoms with van der Waals surface area (Å²) in [4.78, 5) is 22.5. The molecule has 0 unspecified atom stereocenters. The van der Waals surface area contributed by atoms with Gasteiger partial charge >= 0.3 is 18.2 Å². The zero-order valence-corrected chi connectivity index (χ0v) is 11.6. The maximum absolute atomic E-state index is 12.7.